The second kappa shape index (κ2) is 6.04. The first-order valence-corrected chi connectivity index (χ1v) is 7.30. The second-order valence-electron chi connectivity index (χ2n) is 5.51. The third-order valence-corrected chi connectivity index (χ3v) is 3.28. The largest absolute Gasteiger partial charge is 0.403 e. The van der Waals surface area contributed by atoms with E-state index in [1.165, 1.54) is 0 Å². The lowest BCUT2D eigenvalue weighted by Gasteiger charge is -2.03. The van der Waals surface area contributed by atoms with Gasteiger partial charge in [0, 0.05) is 17.8 Å². The van der Waals surface area contributed by atoms with E-state index >= 15 is 0 Å². The SMILES string of the molecule is Cc1cccc(-c2nnc(NC(=O)c3ccn(C(C)C)n3)o2)c1. The van der Waals surface area contributed by atoms with Gasteiger partial charge in [-0.15, -0.1) is 5.10 Å². The predicted molar refractivity (Wildman–Crippen MR) is 85.0 cm³/mol. The Hall–Kier alpha value is -2.96. The highest BCUT2D eigenvalue weighted by molar-refractivity contribution is 6.01. The number of aryl methyl sites for hydroxylation is 1. The maximum atomic E-state index is 12.1. The van der Waals surface area contributed by atoms with Gasteiger partial charge in [-0.3, -0.25) is 14.8 Å². The van der Waals surface area contributed by atoms with Crippen LogP contribution in [0.3, 0.4) is 0 Å². The van der Waals surface area contributed by atoms with Gasteiger partial charge in [0.15, 0.2) is 5.69 Å². The zero-order valence-corrected chi connectivity index (χ0v) is 13.1. The van der Waals surface area contributed by atoms with Gasteiger partial charge in [0.05, 0.1) is 0 Å². The number of anilines is 1. The van der Waals surface area contributed by atoms with Crippen molar-refractivity contribution in [2.24, 2.45) is 0 Å². The Morgan fingerprint density at radius 2 is 2.09 bits per heavy atom. The summed E-state index contributed by atoms with van der Waals surface area (Å²) in [6.45, 7) is 5.95. The number of hydrogen-bond acceptors (Lipinski definition) is 5. The van der Waals surface area contributed by atoms with Crippen LogP contribution in [0.2, 0.25) is 0 Å². The molecular formula is C16H17N5O2. The van der Waals surface area contributed by atoms with Crippen LogP contribution in [0.5, 0.6) is 0 Å². The highest BCUT2D eigenvalue weighted by atomic mass is 16.4. The molecule has 23 heavy (non-hydrogen) atoms. The lowest BCUT2D eigenvalue weighted by molar-refractivity contribution is 0.101. The summed E-state index contributed by atoms with van der Waals surface area (Å²) < 4.78 is 7.19. The smallest absolute Gasteiger partial charge is 0.322 e. The van der Waals surface area contributed by atoms with Gasteiger partial charge in [-0.2, -0.15) is 5.10 Å². The number of benzene rings is 1. The molecule has 0 aliphatic carbocycles. The minimum Gasteiger partial charge on any atom is -0.403 e. The average molecular weight is 311 g/mol. The molecule has 0 saturated heterocycles. The summed E-state index contributed by atoms with van der Waals surface area (Å²) in [4.78, 5) is 12.1. The summed E-state index contributed by atoms with van der Waals surface area (Å²) >= 11 is 0. The van der Waals surface area contributed by atoms with E-state index in [1.54, 1.807) is 16.9 Å². The molecule has 0 aliphatic heterocycles. The molecule has 0 atom stereocenters. The van der Waals surface area contributed by atoms with E-state index in [4.69, 9.17) is 4.42 Å². The molecule has 0 bridgehead atoms. The molecule has 1 aromatic carbocycles. The minimum absolute atomic E-state index is 0.0469. The number of aromatic nitrogens is 4. The van der Waals surface area contributed by atoms with E-state index in [0.717, 1.165) is 11.1 Å². The van der Waals surface area contributed by atoms with Crippen LogP contribution >= 0.6 is 0 Å². The molecule has 0 saturated carbocycles. The first-order chi connectivity index (χ1) is 11.0. The maximum Gasteiger partial charge on any atom is 0.322 e. The average Bonchev–Trinajstić information content (AvgIpc) is 3.16. The summed E-state index contributed by atoms with van der Waals surface area (Å²) in [5, 5.41) is 14.6. The molecule has 7 nitrogen and oxygen atoms in total. The Morgan fingerprint density at radius 1 is 1.26 bits per heavy atom. The Morgan fingerprint density at radius 3 is 2.78 bits per heavy atom. The van der Waals surface area contributed by atoms with Crippen molar-refractivity contribution in [3.8, 4) is 11.5 Å². The van der Waals surface area contributed by atoms with Crippen molar-refractivity contribution >= 4 is 11.9 Å². The highest BCUT2D eigenvalue weighted by Gasteiger charge is 2.15. The molecule has 3 aromatic rings. The van der Waals surface area contributed by atoms with E-state index in [2.05, 4.69) is 20.6 Å². The van der Waals surface area contributed by atoms with E-state index in [9.17, 15) is 4.79 Å². The number of nitrogens with one attached hydrogen (secondary N) is 1. The van der Waals surface area contributed by atoms with E-state index < -0.39 is 0 Å². The van der Waals surface area contributed by atoms with Crippen molar-refractivity contribution in [3.05, 3.63) is 47.8 Å². The zero-order valence-electron chi connectivity index (χ0n) is 13.1. The van der Waals surface area contributed by atoms with Gasteiger partial charge in [0.2, 0.25) is 5.89 Å². The van der Waals surface area contributed by atoms with E-state index in [0.29, 0.717) is 11.6 Å². The van der Waals surface area contributed by atoms with Gasteiger partial charge in [0.1, 0.15) is 0 Å². The molecule has 7 heteroatoms. The van der Waals surface area contributed by atoms with Crippen LogP contribution in [0.15, 0.2) is 40.9 Å². The normalized spacial score (nSPS) is 11.0. The minimum atomic E-state index is -0.385. The highest BCUT2D eigenvalue weighted by Crippen LogP contribution is 2.20. The molecule has 1 N–H and O–H groups in total. The molecule has 0 radical (unpaired) electrons. The molecule has 118 valence electrons. The number of rotatable bonds is 4. The maximum absolute atomic E-state index is 12.1. The quantitative estimate of drug-likeness (QED) is 0.800. The standard InChI is InChI=1S/C16H17N5O2/c1-10(2)21-8-7-13(20-21)14(22)17-16-19-18-15(23-16)12-6-4-5-11(3)9-12/h4-10H,1-3H3,(H,17,19,22). The Kier molecular flexibility index (Phi) is 3.92. The van der Waals surface area contributed by atoms with Gasteiger partial charge in [0.25, 0.3) is 5.91 Å². The number of nitrogens with zero attached hydrogens (tertiary/aromatic N) is 4. The van der Waals surface area contributed by atoms with Crippen LogP contribution in [0.25, 0.3) is 11.5 Å². The Labute approximate surface area is 133 Å². The van der Waals surface area contributed by atoms with Gasteiger partial charge in [-0.1, -0.05) is 22.8 Å². The van der Waals surface area contributed by atoms with Gasteiger partial charge in [-0.05, 0) is 39.0 Å². The zero-order chi connectivity index (χ0) is 16.4. The summed E-state index contributed by atoms with van der Waals surface area (Å²) in [6, 6.07) is 9.57. The summed E-state index contributed by atoms with van der Waals surface area (Å²) in [7, 11) is 0. The molecule has 2 aromatic heterocycles. The second-order valence-corrected chi connectivity index (χ2v) is 5.51. The molecule has 0 unspecified atom stereocenters. The van der Waals surface area contributed by atoms with Crippen molar-refractivity contribution < 1.29 is 9.21 Å². The van der Waals surface area contributed by atoms with Crippen LogP contribution in [0, 0.1) is 6.92 Å². The molecule has 1 amide bonds. The van der Waals surface area contributed by atoms with Crippen LogP contribution in [0.4, 0.5) is 6.01 Å². The van der Waals surface area contributed by atoms with Gasteiger partial charge >= 0.3 is 6.01 Å². The monoisotopic (exact) mass is 311 g/mol. The molecular weight excluding hydrogens is 294 g/mol. The number of hydrogen-bond donors (Lipinski definition) is 1. The van der Waals surface area contributed by atoms with E-state index in [-0.39, 0.29) is 18.0 Å². The van der Waals surface area contributed by atoms with Crippen molar-refractivity contribution in [2.75, 3.05) is 5.32 Å². The first kappa shape index (κ1) is 15.0. The van der Waals surface area contributed by atoms with E-state index in [1.807, 2.05) is 45.0 Å². The number of carbonyl (C=O) groups excluding carboxylic acids is 1. The lowest BCUT2D eigenvalue weighted by Crippen LogP contribution is -2.14. The fourth-order valence-electron chi connectivity index (χ4n) is 2.08. The predicted octanol–water partition coefficient (Wildman–Crippen LogP) is 3.07. The molecule has 3 rings (SSSR count). The molecule has 0 fully saturated rings. The third-order valence-electron chi connectivity index (χ3n) is 3.28. The van der Waals surface area contributed by atoms with Crippen LogP contribution in [0.1, 0.15) is 35.9 Å². The van der Waals surface area contributed by atoms with Crippen molar-refractivity contribution in [3.63, 3.8) is 0 Å². The van der Waals surface area contributed by atoms with Crippen molar-refractivity contribution in [2.45, 2.75) is 26.8 Å². The number of amides is 1. The Bertz CT molecular complexity index is 834. The summed E-state index contributed by atoms with van der Waals surface area (Å²) in [5.74, 6) is -0.0273. The Balaban J connectivity index is 1.74. The lowest BCUT2D eigenvalue weighted by atomic mass is 10.1. The molecule has 0 aliphatic rings. The third kappa shape index (κ3) is 3.28. The van der Waals surface area contributed by atoms with Crippen molar-refractivity contribution in [1.29, 1.82) is 0 Å². The summed E-state index contributed by atoms with van der Waals surface area (Å²) in [6.07, 6.45) is 1.76. The van der Waals surface area contributed by atoms with Crippen LogP contribution in [-0.4, -0.2) is 25.9 Å². The molecule has 2 heterocycles. The summed E-state index contributed by atoms with van der Waals surface area (Å²) in [5.41, 5.74) is 2.20. The van der Waals surface area contributed by atoms with Crippen LogP contribution < -0.4 is 5.32 Å². The topological polar surface area (TPSA) is 85.8 Å². The fourth-order valence-corrected chi connectivity index (χ4v) is 2.08. The van der Waals surface area contributed by atoms with Crippen LogP contribution in [-0.2, 0) is 0 Å². The molecule has 0 spiro atoms. The number of carbonyl (C=O) groups is 1. The van der Waals surface area contributed by atoms with Gasteiger partial charge in [-0.25, -0.2) is 0 Å². The fraction of sp³-hybridized carbons (Fsp3) is 0.250. The van der Waals surface area contributed by atoms with Crippen molar-refractivity contribution in [1.82, 2.24) is 20.0 Å². The van der Waals surface area contributed by atoms with Gasteiger partial charge < -0.3 is 4.42 Å². The first-order valence-electron chi connectivity index (χ1n) is 7.30.